The van der Waals surface area contributed by atoms with Crippen molar-refractivity contribution in [2.75, 3.05) is 39.4 Å². The monoisotopic (exact) mass is 429 g/mol. The topological polar surface area (TPSA) is 45.7 Å². The van der Waals surface area contributed by atoms with E-state index in [4.69, 9.17) is 4.74 Å². The van der Waals surface area contributed by atoms with E-state index in [1.54, 1.807) is 0 Å². The first-order valence-corrected chi connectivity index (χ1v) is 11.8. The van der Waals surface area contributed by atoms with Gasteiger partial charge in [0.2, 0.25) is 0 Å². The number of carbonyl (C=O) groups is 1. The van der Waals surface area contributed by atoms with Crippen LogP contribution in [0.3, 0.4) is 0 Å². The highest BCUT2D eigenvalue weighted by molar-refractivity contribution is 5.95. The molecule has 0 spiro atoms. The van der Waals surface area contributed by atoms with Crippen LogP contribution in [0, 0.1) is 5.92 Å². The molecular formula is C27H31N3O2. The second-order valence-corrected chi connectivity index (χ2v) is 9.06. The van der Waals surface area contributed by atoms with Gasteiger partial charge in [-0.15, -0.1) is 0 Å². The molecule has 3 heterocycles. The molecule has 5 rings (SSSR count). The summed E-state index contributed by atoms with van der Waals surface area (Å²) in [6.07, 6.45) is 7.24. The van der Waals surface area contributed by atoms with E-state index in [1.807, 2.05) is 41.6 Å². The van der Waals surface area contributed by atoms with Gasteiger partial charge in [0.15, 0.2) is 0 Å². The number of fused-ring (bicyclic) bond motifs is 1. The lowest BCUT2D eigenvalue weighted by Gasteiger charge is -2.26. The van der Waals surface area contributed by atoms with Crippen LogP contribution in [-0.4, -0.2) is 60.1 Å². The fourth-order valence-corrected chi connectivity index (χ4v) is 5.06. The summed E-state index contributed by atoms with van der Waals surface area (Å²) in [5.41, 5.74) is 3.20. The van der Waals surface area contributed by atoms with Crippen LogP contribution in [0.15, 0.2) is 60.9 Å². The summed E-state index contributed by atoms with van der Waals surface area (Å²) in [6.45, 7) is 5.72. The van der Waals surface area contributed by atoms with E-state index in [2.05, 4.69) is 34.1 Å². The molecule has 2 saturated heterocycles. The number of pyridine rings is 1. The van der Waals surface area contributed by atoms with Crippen molar-refractivity contribution in [1.29, 1.82) is 0 Å². The van der Waals surface area contributed by atoms with Crippen molar-refractivity contribution >= 4 is 16.7 Å². The molecule has 3 aromatic rings. The summed E-state index contributed by atoms with van der Waals surface area (Å²) in [7, 11) is 0. The standard InChI is InChI=1S/C27H31N3O2/c31-27(26-10-4-2-8-23(26)19-29-11-5-6-12-29)30-13-14-32-20-21(18-30)15-24-17-28-16-22-7-1-3-9-25(22)24/h1-4,7-10,16-17,21H,5-6,11-15,18-20H2/t21-/m1/s1. The van der Waals surface area contributed by atoms with Crippen LogP contribution < -0.4 is 0 Å². The third-order valence-corrected chi connectivity index (χ3v) is 6.72. The lowest BCUT2D eigenvalue weighted by molar-refractivity contribution is 0.0735. The first-order valence-electron chi connectivity index (χ1n) is 11.8. The van der Waals surface area contributed by atoms with Crippen molar-refractivity contribution in [2.24, 2.45) is 5.92 Å². The van der Waals surface area contributed by atoms with E-state index in [9.17, 15) is 4.79 Å². The maximum absolute atomic E-state index is 13.6. The van der Waals surface area contributed by atoms with Crippen LogP contribution in [0.5, 0.6) is 0 Å². The summed E-state index contributed by atoms with van der Waals surface area (Å²) in [6, 6.07) is 16.5. The van der Waals surface area contributed by atoms with Gasteiger partial charge in [-0.1, -0.05) is 42.5 Å². The Hall–Kier alpha value is -2.76. The number of likely N-dealkylation sites (tertiary alicyclic amines) is 1. The number of benzene rings is 2. The second kappa shape index (κ2) is 9.80. The molecule has 0 unspecified atom stereocenters. The molecule has 1 aromatic heterocycles. The van der Waals surface area contributed by atoms with Crippen molar-refractivity contribution in [2.45, 2.75) is 25.8 Å². The summed E-state index contributed by atoms with van der Waals surface area (Å²) in [5.74, 6) is 0.381. The maximum Gasteiger partial charge on any atom is 0.254 e. The van der Waals surface area contributed by atoms with Gasteiger partial charge in [-0.2, -0.15) is 0 Å². The fraction of sp³-hybridized carbons (Fsp3) is 0.407. The molecule has 2 aromatic carbocycles. The Kier molecular flexibility index (Phi) is 6.46. The number of amides is 1. The fourth-order valence-electron chi connectivity index (χ4n) is 5.06. The highest BCUT2D eigenvalue weighted by atomic mass is 16.5. The van der Waals surface area contributed by atoms with Gasteiger partial charge in [-0.25, -0.2) is 0 Å². The molecular weight excluding hydrogens is 398 g/mol. The molecule has 166 valence electrons. The average molecular weight is 430 g/mol. The Morgan fingerprint density at radius 1 is 0.969 bits per heavy atom. The van der Waals surface area contributed by atoms with E-state index in [0.29, 0.717) is 26.3 Å². The first-order chi connectivity index (χ1) is 15.8. The molecule has 2 fully saturated rings. The van der Waals surface area contributed by atoms with E-state index >= 15 is 0 Å². The number of ether oxygens (including phenoxy) is 1. The highest BCUT2D eigenvalue weighted by Crippen LogP contribution is 2.23. The van der Waals surface area contributed by atoms with E-state index in [0.717, 1.165) is 42.6 Å². The van der Waals surface area contributed by atoms with Gasteiger partial charge in [0, 0.05) is 48.9 Å². The van der Waals surface area contributed by atoms with Crippen LogP contribution in [0.1, 0.15) is 34.3 Å². The van der Waals surface area contributed by atoms with E-state index in [1.165, 1.54) is 23.8 Å². The zero-order valence-electron chi connectivity index (χ0n) is 18.6. The predicted octanol–water partition coefficient (Wildman–Crippen LogP) is 4.16. The molecule has 5 nitrogen and oxygen atoms in total. The van der Waals surface area contributed by atoms with Crippen molar-refractivity contribution in [3.63, 3.8) is 0 Å². The largest absolute Gasteiger partial charge is 0.379 e. The van der Waals surface area contributed by atoms with Crippen molar-refractivity contribution in [1.82, 2.24) is 14.8 Å². The van der Waals surface area contributed by atoms with Gasteiger partial charge in [0.25, 0.3) is 5.91 Å². The van der Waals surface area contributed by atoms with Crippen molar-refractivity contribution in [3.05, 3.63) is 77.6 Å². The molecule has 5 heteroatoms. The number of carbonyl (C=O) groups excluding carboxylic acids is 1. The molecule has 0 radical (unpaired) electrons. The molecule has 0 aliphatic carbocycles. The Balaban J connectivity index is 1.33. The van der Waals surface area contributed by atoms with Crippen LogP contribution in [0.2, 0.25) is 0 Å². The number of hydrogen-bond acceptors (Lipinski definition) is 4. The van der Waals surface area contributed by atoms with Gasteiger partial charge < -0.3 is 9.64 Å². The minimum absolute atomic E-state index is 0.131. The summed E-state index contributed by atoms with van der Waals surface area (Å²) < 4.78 is 5.92. The third kappa shape index (κ3) is 4.69. The van der Waals surface area contributed by atoms with Crippen LogP contribution in [-0.2, 0) is 17.7 Å². The number of nitrogens with zero attached hydrogens (tertiary/aromatic N) is 3. The molecule has 1 amide bonds. The van der Waals surface area contributed by atoms with Crippen molar-refractivity contribution < 1.29 is 9.53 Å². The second-order valence-electron chi connectivity index (χ2n) is 9.06. The quantitative estimate of drug-likeness (QED) is 0.611. The van der Waals surface area contributed by atoms with Crippen molar-refractivity contribution in [3.8, 4) is 0 Å². The Morgan fingerprint density at radius 3 is 2.69 bits per heavy atom. The number of aromatic nitrogens is 1. The van der Waals surface area contributed by atoms with E-state index in [-0.39, 0.29) is 11.8 Å². The van der Waals surface area contributed by atoms with Crippen LogP contribution in [0.4, 0.5) is 0 Å². The Labute approximate surface area is 190 Å². The van der Waals surface area contributed by atoms with Crippen LogP contribution >= 0.6 is 0 Å². The molecule has 0 saturated carbocycles. The van der Waals surface area contributed by atoms with Gasteiger partial charge in [0.1, 0.15) is 0 Å². The van der Waals surface area contributed by atoms with Gasteiger partial charge >= 0.3 is 0 Å². The maximum atomic E-state index is 13.6. The van der Waals surface area contributed by atoms with Gasteiger partial charge in [0.05, 0.1) is 13.2 Å². The zero-order chi connectivity index (χ0) is 21.8. The molecule has 0 bridgehead atoms. The van der Waals surface area contributed by atoms with Crippen LogP contribution in [0.25, 0.3) is 10.8 Å². The summed E-state index contributed by atoms with van der Waals surface area (Å²) in [5, 5.41) is 2.39. The first kappa shape index (κ1) is 21.1. The molecule has 32 heavy (non-hydrogen) atoms. The molecule has 2 aliphatic heterocycles. The molecule has 0 N–H and O–H groups in total. The normalized spacial score (nSPS) is 19.9. The molecule has 2 aliphatic rings. The van der Waals surface area contributed by atoms with E-state index < -0.39 is 0 Å². The number of hydrogen-bond donors (Lipinski definition) is 0. The third-order valence-electron chi connectivity index (χ3n) is 6.72. The Bertz CT molecular complexity index is 1070. The minimum Gasteiger partial charge on any atom is -0.379 e. The lowest BCUT2D eigenvalue weighted by Crippen LogP contribution is -2.37. The highest BCUT2D eigenvalue weighted by Gasteiger charge is 2.26. The zero-order valence-corrected chi connectivity index (χ0v) is 18.6. The predicted molar refractivity (Wildman–Crippen MR) is 127 cm³/mol. The lowest BCUT2D eigenvalue weighted by atomic mass is 9.96. The summed E-state index contributed by atoms with van der Waals surface area (Å²) in [4.78, 5) is 22.5. The Morgan fingerprint density at radius 2 is 1.78 bits per heavy atom. The smallest absolute Gasteiger partial charge is 0.254 e. The molecule has 1 atom stereocenters. The summed E-state index contributed by atoms with van der Waals surface area (Å²) >= 11 is 0. The SMILES string of the molecule is O=C(c1ccccc1CN1CCCC1)N1CCOC[C@H](Cc2cncc3ccccc23)C1. The number of rotatable bonds is 5. The van der Waals surface area contributed by atoms with Gasteiger partial charge in [-0.05, 0) is 54.9 Å². The average Bonchev–Trinajstić information content (AvgIpc) is 3.23. The minimum atomic E-state index is 0.131. The van der Waals surface area contributed by atoms with Gasteiger partial charge in [-0.3, -0.25) is 14.7 Å².